The number of halogens is 3. The summed E-state index contributed by atoms with van der Waals surface area (Å²) in [5, 5.41) is 13.9. The Morgan fingerprint density at radius 2 is 1.22 bits per heavy atom. The minimum atomic E-state index is -3.08. The molecular formula is C2H2F3NaO3. The van der Waals surface area contributed by atoms with Gasteiger partial charge in [-0.25, -0.2) is 4.79 Å². The summed E-state index contributed by atoms with van der Waals surface area (Å²) in [6, 6.07) is 0. The number of rotatable bonds is 0. The van der Waals surface area contributed by atoms with E-state index in [1.165, 1.54) is 0 Å². The minimum absolute atomic E-state index is 0. The zero-order chi connectivity index (χ0) is 7.15. The topological polar surface area (TPSA) is 57.5 Å². The summed E-state index contributed by atoms with van der Waals surface area (Å²) >= 11 is 0. The Hall–Kier alpha value is 0.0600. The van der Waals surface area contributed by atoms with Crippen LogP contribution in [0.15, 0.2) is 0 Å². The maximum absolute atomic E-state index is 9.58. The molecule has 0 saturated heterocycles. The molecule has 0 amide bonds. The third-order valence-corrected chi connectivity index (χ3v) is 0. The molecule has 0 aliphatic rings. The molecule has 0 aliphatic carbocycles. The Morgan fingerprint density at radius 3 is 1.22 bits per heavy atom. The first-order valence-corrected chi connectivity index (χ1v) is 1.22. The van der Waals surface area contributed by atoms with E-state index in [-0.39, 0.29) is 29.6 Å². The van der Waals surface area contributed by atoms with Crippen molar-refractivity contribution < 1.29 is 57.7 Å². The zero-order valence-corrected chi connectivity index (χ0v) is 6.44. The van der Waals surface area contributed by atoms with Gasteiger partial charge in [-0.05, 0) is 0 Å². The van der Waals surface area contributed by atoms with Crippen LogP contribution >= 0.6 is 0 Å². The molecule has 0 aliphatic heterocycles. The smallest absolute Gasteiger partial charge is 0.450 e. The van der Waals surface area contributed by atoms with E-state index < -0.39 is 12.8 Å². The fraction of sp³-hybridized carbons (Fsp3) is 0. The molecule has 7 heteroatoms. The Balaban J connectivity index is -0.0000000720. The molecule has 0 bridgehead atoms. The van der Waals surface area contributed by atoms with Crippen LogP contribution in [0.4, 0.5) is 18.0 Å². The van der Waals surface area contributed by atoms with Gasteiger partial charge in [0.25, 0.3) is 0 Å². The van der Waals surface area contributed by atoms with E-state index in [2.05, 4.69) is 0 Å². The van der Waals surface area contributed by atoms with Gasteiger partial charge in [0.2, 0.25) is 0 Å². The average Bonchev–Trinajstić information content (AvgIpc) is 1.25. The summed E-state index contributed by atoms with van der Waals surface area (Å²) in [4.78, 5) is 8.56. The molecule has 3 nitrogen and oxygen atoms in total. The van der Waals surface area contributed by atoms with Gasteiger partial charge in [-0.3, -0.25) is 0 Å². The molecule has 0 fully saturated rings. The Labute approximate surface area is 70.8 Å². The van der Waals surface area contributed by atoms with Gasteiger partial charge in [0.05, 0.1) is 0 Å². The Kier molecular flexibility index (Phi) is 19.5. The van der Waals surface area contributed by atoms with Crippen LogP contribution in [0.1, 0.15) is 0 Å². The number of carboxylic acid groups (broad SMARTS) is 2. The van der Waals surface area contributed by atoms with Crippen molar-refractivity contribution in [2.75, 3.05) is 0 Å². The minimum Gasteiger partial charge on any atom is -0.450 e. The Morgan fingerprint density at radius 1 is 1.22 bits per heavy atom. The molecule has 0 radical (unpaired) electrons. The second-order valence-electron chi connectivity index (χ2n) is 0.497. The van der Waals surface area contributed by atoms with Crippen molar-refractivity contribution in [3.8, 4) is 0 Å². The molecule has 0 aromatic heterocycles. The van der Waals surface area contributed by atoms with Gasteiger partial charge in [0.1, 0.15) is 0 Å². The average molecular weight is 154 g/mol. The normalized spacial score (nSPS) is 6.67. The Bertz CT molecular complexity index is 61.3. The maximum Gasteiger partial charge on any atom is 1.00 e. The van der Waals surface area contributed by atoms with Crippen molar-refractivity contribution >= 4 is 6.16 Å². The summed E-state index contributed by atoms with van der Waals surface area (Å²) < 4.78 is 28.8. The predicted molar refractivity (Wildman–Crippen MR) is 17.2 cm³/mol. The van der Waals surface area contributed by atoms with Crippen LogP contribution in [-0.2, 0) is 0 Å². The molecule has 2 N–H and O–H groups in total. The largest absolute Gasteiger partial charge is 1.00 e. The first kappa shape index (κ1) is 16.0. The van der Waals surface area contributed by atoms with Crippen molar-refractivity contribution in [1.29, 1.82) is 0 Å². The maximum atomic E-state index is 9.58. The van der Waals surface area contributed by atoms with Gasteiger partial charge in [-0.2, -0.15) is 0 Å². The van der Waals surface area contributed by atoms with Crippen molar-refractivity contribution in [2.45, 2.75) is 0 Å². The van der Waals surface area contributed by atoms with Gasteiger partial charge in [-0.15, -0.1) is 0 Å². The molecule has 0 aromatic rings. The molecule has 0 rings (SSSR count). The predicted octanol–water partition coefficient (Wildman–Crippen LogP) is -1.43. The first-order valence-electron chi connectivity index (χ1n) is 1.22. The first-order chi connectivity index (χ1) is 3.46. The van der Waals surface area contributed by atoms with Crippen LogP contribution in [0.5, 0.6) is 0 Å². The third kappa shape index (κ3) is 82200. The fourth-order valence-corrected chi connectivity index (χ4v) is 0. The van der Waals surface area contributed by atoms with Crippen LogP contribution in [0.25, 0.3) is 0 Å². The number of hydrogen-bond acceptors (Lipinski definition) is 1. The van der Waals surface area contributed by atoms with Crippen LogP contribution in [0, 0.1) is 6.68 Å². The van der Waals surface area contributed by atoms with E-state index in [1.54, 1.807) is 0 Å². The van der Waals surface area contributed by atoms with Crippen molar-refractivity contribution in [3.63, 3.8) is 0 Å². The van der Waals surface area contributed by atoms with Gasteiger partial charge >= 0.3 is 35.7 Å². The van der Waals surface area contributed by atoms with E-state index in [1.807, 2.05) is 0 Å². The molecule has 50 valence electrons. The van der Waals surface area contributed by atoms with Gasteiger partial charge in [0.15, 0.2) is 6.68 Å². The monoisotopic (exact) mass is 154 g/mol. The second kappa shape index (κ2) is 10.9. The summed E-state index contributed by atoms with van der Waals surface area (Å²) in [5.41, 5.74) is 0. The second-order valence-corrected chi connectivity index (χ2v) is 0.497. The standard InChI is InChI=1S/CF3.CH2O3.Na/c2*2-1(3)4;/h;(H2,2,3,4);/q-1;;+1. The summed E-state index contributed by atoms with van der Waals surface area (Å²) in [6.45, 7) is -3.08. The number of carbonyl (C=O) groups is 1. The van der Waals surface area contributed by atoms with Gasteiger partial charge in [-0.1, -0.05) is 0 Å². The molecule has 9 heavy (non-hydrogen) atoms. The van der Waals surface area contributed by atoms with E-state index in [0.29, 0.717) is 0 Å². The van der Waals surface area contributed by atoms with Crippen molar-refractivity contribution in [1.82, 2.24) is 0 Å². The third-order valence-electron chi connectivity index (χ3n) is 0. The molecule has 0 heterocycles. The summed E-state index contributed by atoms with van der Waals surface area (Å²) in [7, 11) is 0. The summed E-state index contributed by atoms with van der Waals surface area (Å²) in [5.74, 6) is 0. The van der Waals surface area contributed by atoms with E-state index in [4.69, 9.17) is 15.0 Å². The van der Waals surface area contributed by atoms with Crippen LogP contribution in [0.3, 0.4) is 0 Å². The van der Waals surface area contributed by atoms with E-state index in [0.717, 1.165) is 0 Å². The van der Waals surface area contributed by atoms with Crippen molar-refractivity contribution in [3.05, 3.63) is 6.68 Å². The molecule has 0 unspecified atom stereocenters. The molecular weight excluding hydrogens is 152 g/mol. The molecule has 0 atom stereocenters. The molecule has 0 saturated carbocycles. The quantitative estimate of drug-likeness (QED) is 0.332. The zero-order valence-electron chi connectivity index (χ0n) is 4.44. The molecule has 0 aromatic carbocycles. The van der Waals surface area contributed by atoms with Crippen LogP contribution in [0.2, 0.25) is 0 Å². The van der Waals surface area contributed by atoms with Crippen molar-refractivity contribution in [2.24, 2.45) is 0 Å². The van der Waals surface area contributed by atoms with Crippen LogP contribution in [-0.4, -0.2) is 16.4 Å². The number of hydrogen-bond donors (Lipinski definition) is 2. The SMILES string of the molecule is F[C-](F)F.O=C(O)O.[Na+]. The van der Waals surface area contributed by atoms with Gasteiger partial charge < -0.3 is 23.4 Å². The summed E-state index contributed by atoms with van der Waals surface area (Å²) in [6.07, 6.45) is -1.83. The molecule has 0 spiro atoms. The van der Waals surface area contributed by atoms with E-state index >= 15 is 0 Å². The van der Waals surface area contributed by atoms with Gasteiger partial charge in [0, 0.05) is 0 Å². The van der Waals surface area contributed by atoms with E-state index in [9.17, 15) is 13.2 Å². The fourth-order valence-electron chi connectivity index (χ4n) is 0. The van der Waals surface area contributed by atoms with Crippen LogP contribution < -0.4 is 29.6 Å².